The number of pyridine rings is 1. The van der Waals surface area contributed by atoms with Gasteiger partial charge >= 0.3 is 7.12 Å². The van der Waals surface area contributed by atoms with Crippen LogP contribution >= 0.6 is 0 Å². The van der Waals surface area contributed by atoms with Gasteiger partial charge in [0, 0.05) is 12.6 Å². The molecule has 0 radical (unpaired) electrons. The molecule has 2 heterocycles. The van der Waals surface area contributed by atoms with Gasteiger partial charge in [-0.05, 0) is 46.2 Å². The van der Waals surface area contributed by atoms with Gasteiger partial charge in [0.1, 0.15) is 17.2 Å². The van der Waals surface area contributed by atoms with Crippen LogP contribution in [0.2, 0.25) is 0 Å². The first-order valence-corrected chi connectivity index (χ1v) is 6.62. The smallest absolute Gasteiger partial charge is 0.398 e. The number of rotatable bonds is 3. The van der Waals surface area contributed by atoms with Crippen molar-refractivity contribution < 1.29 is 18.5 Å². The average molecular weight is 279 g/mol. The van der Waals surface area contributed by atoms with E-state index in [0.717, 1.165) is 0 Å². The lowest BCUT2D eigenvalue weighted by Gasteiger charge is -2.32. The zero-order valence-corrected chi connectivity index (χ0v) is 12.5. The molecule has 0 spiro atoms. The lowest BCUT2D eigenvalue weighted by Crippen LogP contribution is -2.41. The molecule has 0 aliphatic carbocycles. The number of aromatic nitrogens is 1. The monoisotopic (exact) mass is 279 g/mol. The fourth-order valence-electron chi connectivity index (χ4n) is 2.03. The average Bonchev–Trinajstić information content (AvgIpc) is 2.50. The third-order valence-electron chi connectivity index (χ3n) is 3.91. The summed E-state index contributed by atoms with van der Waals surface area (Å²) in [5.41, 5.74) is -0.690. The van der Waals surface area contributed by atoms with E-state index in [0.29, 0.717) is 5.56 Å². The number of hydrogen-bond donors (Lipinski definition) is 0. The van der Waals surface area contributed by atoms with E-state index in [1.165, 1.54) is 19.2 Å². The van der Waals surface area contributed by atoms with Gasteiger partial charge in [0.2, 0.25) is 0 Å². The maximum atomic E-state index is 14.4. The van der Waals surface area contributed by atoms with Gasteiger partial charge in [-0.1, -0.05) is 0 Å². The minimum absolute atomic E-state index is 0.0425. The minimum atomic E-state index is -0.855. The zero-order chi connectivity index (χ0) is 15.1. The van der Waals surface area contributed by atoms with Crippen LogP contribution in [-0.2, 0) is 20.5 Å². The van der Waals surface area contributed by atoms with Crippen molar-refractivity contribution in [2.45, 2.75) is 52.2 Å². The van der Waals surface area contributed by atoms with Crippen LogP contribution in [0.3, 0.4) is 0 Å². The van der Waals surface area contributed by atoms with E-state index >= 15 is 0 Å². The molecule has 1 aliphatic heterocycles. The number of halogens is 1. The molecule has 108 valence electrons. The molecular weight excluding hydrogens is 260 g/mol. The van der Waals surface area contributed by atoms with Gasteiger partial charge in [-0.15, -0.1) is 0 Å². The van der Waals surface area contributed by atoms with Crippen LogP contribution in [-0.4, -0.2) is 29.1 Å². The SMILES string of the molecule is CC(=O)Cc1ccnc(B2OC(C)(C)C(C)(C)O2)c1F. The van der Waals surface area contributed by atoms with Crippen LogP contribution in [0.4, 0.5) is 4.39 Å². The number of ketones is 1. The fraction of sp³-hybridized carbons (Fsp3) is 0.571. The standard InChI is InChI=1S/C14H19BFNO3/c1-9(18)8-10-6-7-17-12(11(10)16)15-19-13(2,3)14(4,5)20-15/h6-7H,8H2,1-5H3. The highest BCUT2D eigenvalue weighted by Gasteiger charge is 2.53. The molecule has 1 fully saturated rings. The molecule has 6 heteroatoms. The Morgan fingerprint density at radius 3 is 2.35 bits per heavy atom. The Morgan fingerprint density at radius 2 is 1.85 bits per heavy atom. The van der Waals surface area contributed by atoms with Crippen molar-refractivity contribution in [3.8, 4) is 0 Å². The number of Topliss-reactive ketones (excluding diaryl/α,β-unsaturated/α-hetero) is 1. The van der Waals surface area contributed by atoms with E-state index in [4.69, 9.17) is 9.31 Å². The van der Waals surface area contributed by atoms with E-state index in [-0.39, 0.29) is 17.8 Å². The second-order valence-corrected chi connectivity index (χ2v) is 6.14. The molecular formula is C14H19BFNO3. The van der Waals surface area contributed by atoms with Gasteiger partial charge in [0.15, 0.2) is 0 Å². The lowest BCUT2D eigenvalue weighted by atomic mass is 9.82. The Morgan fingerprint density at radius 1 is 1.30 bits per heavy atom. The first-order valence-electron chi connectivity index (χ1n) is 6.62. The Balaban J connectivity index is 2.34. The first kappa shape index (κ1) is 15.1. The van der Waals surface area contributed by atoms with Crippen LogP contribution in [0, 0.1) is 5.82 Å². The van der Waals surface area contributed by atoms with Crippen LogP contribution in [0.15, 0.2) is 12.3 Å². The third-order valence-corrected chi connectivity index (χ3v) is 3.91. The molecule has 1 aromatic rings. The Kier molecular flexibility index (Phi) is 3.73. The van der Waals surface area contributed by atoms with Crippen molar-refractivity contribution in [1.82, 2.24) is 4.98 Å². The summed E-state index contributed by atoms with van der Waals surface area (Å²) >= 11 is 0. The normalized spacial score (nSPS) is 20.2. The Bertz CT molecular complexity index is 529. The van der Waals surface area contributed by atoms with E-state index in [2.05, 4.69) is 4.98 Å². The predicted octanol–water partition coefficient (Wildman–Crippen LogP) is 1.65. The largest absolute Gasteiger partial charge is 0.517 e. The summed E-state index contributed by atoms with van der Waals surface area (Å²) in [5, 5.41) is 0. The molecule has 2 rings (SSSR count). The molecule has 0 aromatic carbocycles. The van der Waals surface area contributed by atoms with Crippen molar-refractivity contribution in [2.75, 3.05) is 0 Å². The molecule has 1 aromatic heterocycles. The lowest BCUT2D eigenvalue weighted by molar-refractivity contribution is -0.116. The quantitative estimate of drug-likeness (QED) is 0.789. The summed E-state index contributed by atoms with van der Waals surface area (Å²) in [4.78, 5) is 15.2. The molecule has 0 unspecified atom stereocenters. The highest BCUT2D eigenvalue weighted by molar-refractivity contribution is 6.61. The fourth-order valence-corrected chi connectivity index (χ4v) is 2.03. The second-order valence-electron chi connectivity index (χ2n) is 6.14. The maximum Gasteiger partial charge on any atom is 0.517 e. The summed E-state index contributed by atoms with van der Waals surface area (Å²) in [6, 6.07) is 1.51. The first-order chi connectivity index (χ1) is 9.14. The topological polar surface area (TPSA) is 48.4 Å². The van der Waals surface area contributed by atoms with Crippen LogP contribution in [0.1, 0.15) is 40.2 Å². The van der Waals surface area contributed by atoms with E-state index in [9.17, 15) is 9.18 Å². The number of nitrogens with zero attached hydrogens (tertiary/aromatic N) is 1. The van der Waals surface area contributed by atoms with Gasteiger partial charge in [-0.25, -0.2) is 4.39 Å². The molecule has 1 aliphatic rings. The molecule has 0 N–H and O–H groups in total. The Hall–Kier alpha value is -1.27. The molecule has 0 amide bonds. The van der Waals surface area contributed by atoms with Gasteiger partial charge < -0.3 is 9.31 Å². The van der Waals surface area contributed by atoms with Crippen molar-refractivity contribution in [1.29, 1.82) is 0 Å². The maximum absolute atomic E-state index is 14.4. The number of carbonyl (C=O) groups is 1. The summed E-state index contributed by atoms with van der Waals surface area (Å²) in [6.07, 6.45) is 1.52. The Labute approximate surface area is 118 Å². The molecule has 1 saturated heterocycles. The van der Waals surface area contributed by atoms with E-state index in [1.807, 2.05) is 27.7 Å². The van der Waals surface area contributed by atoms with Crippen LogP contribution in [0.25, 0.3) is 0 Å². The van der Waals surface area contributed by atoms with E-state index < -0.39 is 24.1 Å². The molecule has 4 nitrogen and oxygen atoms in total. The van der Waals surface area contributed by atoms with Gasteiger partial charge in [-0.2, -0.15) is 0 Å². The number of hydrogen-bond acceptors (Lipinski definition) is 4. The van der Waals surface area contributed by atoms with Crippen LogP contribution < -0.4 is 5.59 Å². The second kappa shape index (κ2) is 4.93. The zero-order valence-electron chi connectivity index (χ0n) is 12.5. The van der Waals surface area contributed by atoms with Gasteiger partial charge in [0.25, 0.3) is 0 Å². The predicted molar refractivity (Wildman–Crippen MR) is 74.3 cm³/mol. The summed E-state index contributed by atoms with van der Waals surface area (Å²) in [6.45, 7) is 9.00. The van der Waals surface area contributed by atoms with Crippen LogP contribution in [0.5, 0.6) is 0 Å². The van der Waals surface area contributed by atoms with Crippen molar-refractivity contribution in [2.24, 2.45) is 0 Å². The highest BCUT2D eigenvalue weighted by Crippen LogP contribution is 2.36. The van der Waals surface area contributed by atoms with Crippen molar-refractivity contribution in [3.63, 3.8) is 0 Å². The molecule has 20 heavy (non-hydrogen) atoms. The van der Waals surface area contributed by atoms with Gasteiger partial charge in [0.05, 0.1) is 11.2 Å². The summed E-state index contributed by atoms with van der Waals surface area (Å²) in [5.74, 6) is -0.629. The molecule has 0 atom stereocenters. The van der Waals surface area contributed by atoms with Crippen molar-refractivity contribution in [3.05, 3.63) is 23.6 Å². The van der Waals surface area contributed by atoms with Gasteiger partial charge in [-0.3, -0.25) is 9.78 Å². The molecule has 0 bridgehead atoms. The third kappa shape index (κ3) is 2.62. The van der Waals surface area contributed by atoms with Crippen molar-refractivity contribution >= 4 is 18.5 Å². The van der Waals surface area contributed by atoms with E-state index in [1.54, 1.807) is 0 Å². The number of carbonyl (C=O) groups excluding carboxylic acids is 1. The molecule has 0 saturated carbocycles. The minimum Gasteiger partial charge on any atom is -0.398 e. The highest BCUT2D eigenvalue weighted by atomic mass is 19.1. The summed E-state index contributed by atoms with van der Waals surface area (Å²) in [7, 11) is -0.855. The summed E-state index contributed by atoms with van der Waals surface area (Å²) < 4.78 is 26.0.